The number of methoxy groups -OCH3 is 1. The Morgan fingerprint density at radius 2 is 1.90 bits per heavy atom. The van der Waals surface area contributed by atoms with E-state index in [2.05, 4.69) is 6.92 Å². The molecule has 1 aromatic rings. The molecular weight excluding hydrogens is 264 g/mol. The van der Waals surface area contributed by atoms with Crippen molar-refractivity contribution in [1.29, 1.82) is 0 Å². The molecule has 0 spiro atoms. The molecule has 1 N–H and O–H groups in total. The summed E-state index contributed by atoms with van der Waals surface area (Å²) in [6, 6.07) is 7.56. The summed E-state index contributed by atoms with van der Waals surface area (Å²) >= 11 is 0. The normalized spacial score (nSPS) is 25.5. The van der Waals surface area contributed by atoms with Gasteiger partial charge >= 0.3 is 5.97 Å². The van der Waals surface area contributed by atoms with Gasteiger partial charge in [0.05, 0.1) is 12.5 Å². The maximum Gasteiger partial charge on any atom is 0.314 e. The van der Waals surface area contributed by atoms with E-state index in [0.717, 1.165) is 37.0 Å². The van der Waals surface area contributed by atoms with Crippen LogP contribution in [0.15, 0.2) is 24.3 Å². The molecule has 2 rings (SSSR count). The minimum absolute atomic E-state index is 0.679. The number of unbranched alkanes of at least 4 members (excludes halogenated alkanes) is 1. The molecule has 1 aliphatic rings. The molecule has 0 atom stereocenters. The summed E-state index contributed by atoms with van der Waals surface area (Å²) in [6.07, 6.45) is 7.28. The van der Waals surface area contributed by atoms with Gasteiger partial charge in [0.15, 0.2) is 0 Å². The van der Waals surface area contributed by atoms with E-state index in [4.69, 9.17) is 4.74 Å². The summed E-state index contributed by atoms with van der Waals surface area (Å²) in [5.74, 6) is 0.799. The van der Waals surface area contributed by atoms with Gasteiger partial charge < -0.3 is 9.84 Å². The molecule has 1 aliphatic carbocycles. The summed E-state index contributed by atoms with van der Waals surface area (Å²) in [6.45, 7) is 2.21. The van der Waals surface area contributed by atoms with Gasteiger partial charge in [-0.25, -0.2) is 0 Å². The van der Waals surface area contributed by atoms with Gasteiger partial charge in [0, 0.05) is 0 Å². The van der Waals surface area contributed by atoms with Crippen molar-refractivity contribution in [1.82, 2.24) is 0 Å². The lowest BCUT2D eigenvalue weighted by Crippen LogP contribution is -2.39. The molecule has 116 valence electrons. The van der Waals surface area contributed by atoms with Crippen LogP contribution in [0.25, 0.3) is 0 Å². The number of aliphatic carboxylic acids is 1. The molecule has 0 saturated heterocycles. The highest BCUT2D eigenvalue weighted by Crippen LogP contribution is 2.43. The van der Waals surface area contributed by atoms with E-state index < -0.39 is 11.4 Å². The van der Waals surface area contributed by atoms with E-state index in [-0.39, 0.29) is 0 Å². The van der Waals surface area contributed by atoms with E-state index in [0.29, 0.717) is 5.92 Å². The quantitative estimate of drug-likeness (QED) is 0.844. The Morgan fingerprint density at radius 1 is 1.29 bits per heavy atom. The lowest BCUT2D eigenvalue weighted by Gasteiger charge is -2.37. The average molecular weight is 290 g/mol. The first-order valence-corrected chi connectivity index (χ1v) is 8.00. The average Bonchev–Trinajstić information content (AvgIpc) is 2.53. The molecule has 3 nitrogen and oxygen atoms in total. The Labute approximate surface area is 127 Å². The molecule has 1 saturated carbocycles. The van der Waals surface area contributed by atoms with Gasteiger partial charge in [-0.1, -0.05) is 38.3 Å². The smallest absolute Gasteiger partial charge is 0.314 e. The van der Waals surface area contributed by atoms with Gasteiger partial charge in [-0.15, -0.1) is 0 Å². The van der Waals surface area contributed by atoms with E-state index in [1.807, 2.05) is 24.3 Å². The maximum atomic E-state index is 11.9. The van der Waals surface area contributed by atoms with Crippen LogP contribution in [0.4, 0.5) is 0 Å². The number of carboxylic acid groups (broad SMARTS) is 1. The van der Waals surface area contributed by atoms with Crippen molar-refractivity contribution >= 4 is 5.97 Å². The van der Waals surface area contributed by atoms with E-state index >= 15 is 0 Å². The molecule has 21 heavy (non-hydrogen) atoms. The van der Waals surface area contributed by atoms with Crippen LogP contribution >= 0.6 is 0 Å². The Balaban J connectivity index is 2.13. The summed E-state index contributed by atoms with van der Waals surface area (Å²) < 4.78 is 5.16. The second kappa shape index (κ2) is 6.97. The summed E-state index contributed by atoms with van der Waals surface area (Å²) in [7, 11) is 1.63. The topological polar surface area (TPSA) is 46.5 Å². The Bertz CT molecular complexity index is 456. The van der Waals surface area contributed by atoms with Gasteiger partial charge in [-0.05, 0) is 49.3 Å². The van der Waals surface area contributed by atoms with Crippen molar-refractivity contribution in [2.45, 2.75) is 57.3 Å². The fourth-order valence-corrected chi connectivity index (χ4v) is 3.49. The second-order valence-electron chi connectivity index (χ2n) is 6.20. The Morgan fingerprint density at radius 3 is 2.38 bits per heavy atom. The zero-order chi connectivity index (χ0) is 15.3. The van der Waals surface area contributed by atoms with Crippen LogP contribution in [0.2, 0.25) is 0 Å². The van der Waals surface area contributed by atoms with Gasteiger partial charge in [0.25, 0.3) is 0 Å². The highest BCUT2D eigenvalue weighted by molar-refractivity contribution is 5.81. The Hall–Kier alpha value is -1.51. The summed E-state index contributed by atoms with van der Waals surface area (Å²) in [5, 5.41) is 9.80. The molecule has 0 heterocycles. The predicted octanol–water partition coefficient (Wildman–Crippen LogP) is 4.40. The first kappa shape index (κ1) is 15.9. The molecule has 0 bridgehead atoms. The van der Waals surface area contributed by atoms with Crippen molar-refractivity contribution in [3.63, 3.8) is 0 Å². The zero-order valence-corrected chi connectivity index (χ0v) is 13.1. The van der Waals surface area contributed by atoms with Crippen LogP contribution in [-0.2, 0) is 10.2 Å². The number of carboxylic acids is 1. The molecule has 0 aromatic heterocycles. The maximum absolute atomic E-state index is 11.9. The largest absolute Gasteiger partial charge is 0.497 e. The van der Waals surface area contributed by atoms with Crippen LogP contribution in [0.3, 0.4) is 0 Å². The third-order valence-corrected chi connectivity index (χ3v) is 4.98. The van der Waals surface area contributed by atoms with Gasteiger partial charge in [0.1, 0.15) is 5.75 Å². The van der Waals surface area contributed by atoms with Gasteiger partial charge in [-0.3, -0.25) is 4.79 Å². The number of carbonyl (C=O) groups is 1. The van der Waals surface area contributed by atoms with Crippen molar-refractivity contribution in [2.24, 2.45) is 5.92 Å². The molecule has 0 amide bonds. The van der Waals surface area contributed by atoms with Crippen molar-refractivity contribution in [3.8, 4) is 5.75 Å². The fourth-order valence-electron chi connectivity index (χ4n) is 3.49. The molecule has 3 heteroatoms. The van der Waals surface area contributed by atoms with Gasteiger partial charge in [-0.2, -0.15) is 0 Å². The van der Waals surface area contributed by atoms with Crippen LogP contribution in [0.5, 0.6) is 5.75 Å². The number of hydrogen-bond acceptors (Lipinski definition) is 2. The second-order valence-corrected chi connectivity index (χ2v) is 6.20. The zero-order valence-electron chi connectivity index (χ0n) is 13.1. The number of hydrogen-bond donors (Lipinski definition) is 1. The highest BCUT2D eigenvalue weighted by atomic mass is 16.5. The van der Waals surface area contributed by atoms with Crippen LogP contribution in [-0.4, -0.2) is 18.2 Å². The standard InChI is InChI=1S/C18H26O3/c1-3-4-5-14-10-12-18(13-11-14,17(19)20)15-6-8-16(21-2)9-7-15/h6-9,14H,3-5,10-13H2,1-2H3,(H,19,20). The first-order chi connectivity index (χ1) is 10.1. The number of ether oxygens (including phenoxy) is 1. The van der Waals surface area contributed by atoms with Crippen LogP contribution in [0, 0.1) is 5.92 Å². The van der Waals surface area contributed by atoms with Crippen molar-refractivity contribution in [2.75, 3.05) is 7.11 Å². The van der Waals surface area contributed by atoms with E-state index in [1.54, 1.807) is 7.11 Å². The molecule has 0 unspecified atom stereocenters. The fraction of sp³-hybridized carbons (Fsp3) is 0.611. The monoisotopic (exact) mass is 290 g/mol. The summed E-state index contributed by atoms with van der Waals surface area (Å²) in [5.41, 5.74) is 0.222. The third kappa shape index (κ3) is 3.39. The Kier molecular flexibility index (Phi) is 5.27. The lowest BCUT2D eigenvalue weighted by atomic mass is 9.66. The minimum atomic E-state index is -0.699. The third-order valence-electron chi connectivity index (χ3n) is 4.98. The van der Waals surface area contributed by atoms with Crippen LogP contribution in [0.1, 0.15) is 57.4 Å². The van der Waals surface area contributed by atoms with Crippen LogP contribution < -0.4 is 4.74 Å². The molecule has 1 fully saturated rings. The highest BCUT2D eigenvalue weighted by Gasteiger charge is 2.43. The molecule has 1 aromatic carbocycles. The SMILES string of the molecule is CCCCC1CCC(C(=O)O)(c2ccc(OC)cc2)CC1. The molecule has 0 aliphatic heterocycles. The number of benzene rings is 1. The van der Waals surface area contributed by atoms with Crippen molar-refractivity contribution in [3.05, 3.63) is 29.8 Å². The molecule has 0 radical (unpaired) electrons. The van der Waals surface area contributed by atoms with E-state index in [1.165, 1.54) is 19.3 Å². The predicted molar refractivity (Wildman–Crippen MR) is 83.8 cm³/mol. The lowest BCUT2D eigenvalue weighted by molar-refractivity contribution is -0.145. The first-order valence-electron chi connectivity index (χ1n) is 8.00. The van der Waals surface area contributed by atoms with Crippen molar-refractivity contribution < 1.29 is 14.6 Å². The van der Waals surface area contributed by atoms with Gasteiger partial charge in [0.2, 0.25) is 0 Å². The molecular formula is C18H26O3. The number of rotatable bonds is 6. The van der Waals surface area contributed by atoms with E-state index in [9.17, 15) is 9.90 Å². The minimum Gasteiger partial charge on any atom is -0.497 e. The summed E-state index contributed by atoms with van der Waals surface area (Å²) in [4.78, 5) is 11.9.